The molecule has 0 unspecified atom stereocenters. The van der Waals surface area contributed by atoms with E-state index in [2.05, 4.69) is 10.2 Å². The van der Waals surface area contributed by atoms with Crippen LogP contribution >= 0.6 is 0 Å². The van der Waals surface area contributed by atoms with Crippen LogP contribution in [0.1, 0.15) is 30.0 Å². The van der Waals surface area contributed by atoms with Crippen LogP contribution in [0.15, 0.2) is 54.6 Å². The second-order valence-electron chi connectivity index (χ2n) is 6.59. The van der Waals surface area contributed by atoms with E-state index in [1.54, 1.807) is 0 Å². The van der Waals surface area contributed by atoms with Gasteiger partial charge in [-0.3, -0.25) is 15.0 Å². The highest BCUT2D eigenvalue weighted by Crippen LogP contribution is 2.19. The van der Waals surface area contributed by atoms with Crippen LogP contribution in [0.5, 0.6) is 0 Å². The van der Waals surface area contributed by atoms with Gasteiger partial charge in [-0.2, -0.15) is 0 Å². The number of hydrogen-bond acceptors (Lipinski definition) is 3. The number of primary amides is 1. The van der Waals surface area contributed by atoms with E-state index in [-0.39, 0.29) is 17.8 Å². The molecule has 0 aliphatic carbocycles. The highest BCUT2D eigenvalue weighted by atomic mass is 19.1. The van der Waals surface area contributed by atoms with Gasteiger partial charge in [0.25, 0.3) is 0 Å². The van der Waals surface area contributed by atoms with Crippen molar-refractivity contribution in [1.29, 1.82) is 0 Å². The van der Waals surface area contributed by atoms with Gasteiger partial charge in [0.2, 0.25) is 5.91 Å². The maximum atomic E-state index is 13.0. The van der Waals surface area contributed by atoms with Crippen molar-refractivity contribution in [2.45, 2.75) is 31.5 Å². The van der Waals surface area contributed by atoms with E-state index in [4.69, 9.17) is 5.73 Å². The van der Waals surface area contributed by atoms with Gasteiger partial charge in [0.05, 0.1) is 0 Å². The number of carbonyl (C=O) groups is 1. The maximum Gasteiger partial charge on any atom is 0.239 e. The van der Waals surface area contributed by atoms with Crippen LogP contribution in [0.4, 0.5) is 4.39 Å². The second-order valence-corrected chi connectivity index (χ2v) is 6.59. The number of amides is 1. The molecule has 25 heavy (non-hydrogen) atoms. The molecule has 0 radical (unpaired) electrons. The first kappa shape index (κ1) is 17.6. The van der Waals surface area contributed by atoms with Crippen molar-refractivity contribution in [2.24, 2.45) is 5.73 Å². The number of carbonyl (C=O) groups excluding carboxylic acids is 1. The van der Waals surface area contributed by atoms with Gasteiger partial charge in [0.15, 0.2) is 0 Å². The van der Waals surface area contributed by atoms with E-state index < -0.39 is 6.04 Å². The molecule has 2 aromatic carbocycles. The Morgan fingerprint density at radius 1 is 1.12 bits per heavy atom. The fourth-order valence-electron chi connectivity index (χ4n) is 3.33. The Morgan fingerprint density at radius 3 is 2.36 bits per heavy atom. The summed E-state index contributed by atoms with van der Waals surface area (Å²) in [6, 6.07) is 16.1. The van der Waals surface area contributed by atoms with Gasteiger partial charge >= 0.3 is 0 Å². The molecule has 0 aromatic heterocycles. The van der Waals surface area contributed by atoms with Crippen LogP contribution in [-0.4, -0.2) is 29.9 Å². The van der Waals surface area contributed by atoms with Crippen LogP contribution in [0.3, 0.4) is 0 Å². The fraction of sp³-hybridized carbons (Fsp3) is 0.350. The summed E-state index contributed by atoms with van der Waals surface area (Å²) in [5.41, 5.74) is 7.61. The van der Waals surface area contributed by atoms with Crippen LogP contribution in [-0.2, 0) is 11.3 Å². The molecule has 3 rings (SSSR count). The molecule has 0 saturated carbocycles. The van der Waals surface area contributed by atoms with E-state index in [1.807, 2.05) is 42.5 Å². The largest absolute Gasteiger partial charge is 0.368 e. The quantitative estimate of drug-likeness (QED) is 0.849. The molecule has 0 spiro atoms. The molecule has 1 fully saturated rings. The highest BCUT2D eigenvalue weighted by Gasteiger charge is 2.25. The summed E-state index contributed by atoms with van der Waals surface area (Å²) in [4.78, 5) is 14.2. The monoisotopic (exact) mass is 341 g/mol. The molecule has 4 nitrogen and oxygen atoms in total. The fourth-order valence-corrected chi connectivity index (χ4v) is 3.33. The second kappa shape index (κ2) is 8.23. The topological polar surface area (TPSA) is 58.4 Å². The molecular formula is C20H24FN3O. The average molecular weight is 341 g/mol. The number of nitrogens with two attached hydrogens (primary N) is 1. The van der Waals surface area contributed by atoms with E-state index >= 15 is 0 Å². The molecule has 1 amide bonds. The number of benzene rings is 2. The van der Waals surface area contributed by atoms with Crippen molar-refractivity contribution in [3.05, 3.63) is 71.5 Å². The van der Waals surface area contributed by atoms with E-state index in [0.29, 0.717) is 0 Å². The molecular weight excluding hydrogens is 317 g/mol. The molecule has 0 bridgehead atoms. The first-order valence-corrected chi connectivity index (χ1v) is 8.69. The lowest BCUT2D eigenvalue weighted by atomic mass is 10.00. The Labute approximate surface area is 147 Å². The molecule has 2 aromatic rings. The van der Waals surface area contributed by atoms with Gasteiger partial charge in [-0.1, -0.05) is 42.5 Å². The summed E-state index contributed by atoms with van der Waals surface area (Å²) in [6.07, 6.45) is 1.91. The average Bonchev–Trinajstić information content (AvgIpc) is 2.63. The lowest BCUT2D eigenvalue weighted by Crippen LogP contribution is -2.46. The summed E-state index contributed by atoms with van der Waals surface area (Å²) in [5, 5.41) is 3.41. The minimum Gasteiger partial charge on any atom is -0.368 e. The summed E-state index contributed by atoms with van der Waals surface area (Å²) in [6.45, 7) is 2.70. The predicted octanol–water partition coefficient (Wildman–Crippen LogP) is 2.61. The summed E-state index contributed by atoms with van der Waals surface area (Å²) in [5.74, 6) is -0.551. The zero-order valence-electron chi connectivity index (χ0n) is 14.2. The van der Waals surface area contributed by atoms with Gasteiger partial charge in [-0.15, -0.1) is 0 Å². The molecule has 1 atom stereocenters. The third kappa shape index (κ3) is 4.87. The van der Waals surface area contributed by atoms with E-state index in [9.17, 15) is 9.18 Å². The summed E-state index contributed by atoms with van der Waals surface area (Å²) >= 11 is 0. The number of rotatable bonds is 6. The standard InChI is InChI=1S/C20H24FN3O/c21-17-8-6-15(7-9-17)14-24-12-10-18(11-13-24)23-19(20(22)25)16-4-2-1-3-5-16/h1-9,18-19,23H,10-14H2,(H2,22,25)/t19-/m0/s1. The Morgan fingerprint density at radius 2 is 1.76 bits per heavy atom. The van der Waals surface area contributed by atoms with Gasteiger partial charge < -0.3 is 5.73 Å². The van der Waals surface area contributed by atoms with Crippen molar-refractivity contribution in [3.8, 4) is 0 Å². The maximum absolute atomic E-state index is 13.0. The Kier molecular flexibility index (Phi) is 5.79. The summed E-state index contributed by atoms with van der Waals surface area (Å²) in [7, 11) is 0. The zero-order chi connectivity index (χ0) is 17.6. The minimum atomic E-state index is -0.449. The number of halogens is 1. The smallest absolute Gasteiger partial charge is 0.239 e. The van der Waals surface area contributed by atoms with E-state index in [1.165, 1.54) is 12.1 Å². The molecule has 5 heteroatoms. The molecule has 132 valence electrons. The Bertz CT molecular complexity index is 682. The molecule has 1 saturated heterocycles. The highest BCUT2D eigenvalue weighted by molar-refractivity contribution is 5.81. The molecule has 1 heterocycles. The Hall–Kier alpha value is -2.24. The van der Waals surface area contributed by atoms with Crippen molar-refractivity contribution < 1.29 is 9.18 Å². The molecule has 1 aliphatic heterocycles. The lowest BCUT2D eigenvalue weighted by molar-refractivity contribution is -0.120. The molecule has 3 N–H and O–H groups in total. The lowest BCUT2D eigenvalue weighted by Gasteiger charge is -2.34. The first-order chi connectivity index (χ1) is 12.1. The minimum absolute atomic E-state index is 0.204. The van der Waals surface area contributed by atoms with Gasteiger partial charge in [-0.25, -0.2) is 4.39 Å². The third-order valence-corrected chi connectivity index (χ3v) is 4.73. The van der Waals surface area contributed by atoms with Gasteiger partial charge in [0, 0.05) is 12.6 Å². The first-order valence-electron chi connectivity index (χ1n) is 8.69. The number of likely N-dealkylation sites (tertiary alicyclic amines) is 1. The van der Waals surface area contributed by atoms with E-state index in [0.717, 1.165) is 43.6 Å². The van der Waals surface area contributed by atoms with Gasteiger partial charge in [-0.05, 0) is 49.2 Å². The third-order valence-electron chi connectivity index (χ3n) is 4.73. The summed E-state index contributed by atoms with van der Waals surface area (Å²) < 4.78 is 13.0. The number of nitrogens with zero attached hydrogens (tertiary/aromatic N) is 1. The van der Waals surface area contributed by atoms with Gasteiger partial charge in [0.1, 0.15) is 11.9 Å². The predicted molar refractivity (Wildman–Crippen MR) is 96.2 cm³/mol. The Balaban J connectivity index is 1.53. The van der Waals surface area contributed by atoms with Crippen LogP contribution in [0.2, 0.25) is 0 Å². The zero-order valence-corrected chi connectivity index (χ0v) is 14.2. The molecule has 1 aliphatic rings. The van der Waals surface area contributed by atoms with Crippen LogP contribution < -0.4 is 11.1 Å². The van der Waals surface area contributed by atoms with Crippen molar-refractivity contribution in [2.75, 3.05) is 13.1 Å². The number of piperidine rings is 1. The van der Waals surface area contributed by atoms with Crippen molar-refractivity contribution >= 4 is 5.91 Å². The van der Waals surface area contributed by atoms with Crippen molar-refractivity contribution in [1.82, 2.24) is 10.2 Å². The SMILES string of the molecule is NC(=O)[C@@H](NC1CCN(Cc2ccc(F)cc2)CC1)c1ccccc1. The number of nitrogens with one attached hydrogen (secondary N) is 1. The van der Waals surface area contributed by atoms with Crippen LogP contribution in [0.25, 0.3) is 0 Å². The number of hydrogen-bond donors (Lipinski definition) is 2. The van der Waals surface area contributed by atoms with Crippen molar-refractivity contribution in [3.63, 3.8) is 0 Å². The normalized spacial score (nSPS) is 17.3. The van der Waals surface area contributed by atoms with Crippen LogP contribution in [0, 0.1) is 5.82 Å².